The van der Waals surface area contributed by atoms with Crippen molar-refractivity contribution < 1.29 is 4.79 Å². The van der Waals surface area contributed by atoms with Crippen LogP contribution in [-0.4, -0.2) is 24.5 Å². The molecule has 0 aliphatic heterocycles. The molecule has 0 aliphatic carbocycles. The molecule has 0 spiro atoms. The van der Waals surface area contributed by atoms with Crippen molar-refractivity contribution >= 4 is 17.2 Å². The number of aryl methyl sites for hydroxylation is 2. The van der Waals surface area contributed by atoms with Gasteiger partial charge in [-0.2, -0.15) is 0 Å². The third-order valence-electron chi connectivity index (χ3n) is 3.73. The van der Waals surface area contributed by atoms with Gasteiger partial charge in [-0.15, -0.1) is 11.3 Å². The van der Waals surface area contributed by atoms with E-state index in [4.69, 9.17) is 0 Å². The smallest absolute Gasteiger partial charge is 0.220 e. The zero-order chi connectivity index (χ0) is 16.8. The molecule has 1 aromatic carbocycles. The lowest BCUT2D eigenvalue weighted by atomic mass is 10.2. The number of hydrogen-bond acceptors (Lipinski definition) is 4. The quantitative estimate of drug-likeness (QED) is 0.762. The number of carbonyl (C=O) groups excluding carboxylic acids is 1. The van der Waals surface area contributed by atoms with Crippen LogP contribution in [0, 0.1) is 13.8 Å². The largest absolute Gasteiger partial charge is 0.349 e. The number of amides is 1. The molecule has 0 bridgehead atoms. The van der Waals surface area contributed by atoms with Gasteiger partial charge in [0.15, 0.2) is 0 Å². The van der Waals surface area contributed by atoms with Gasteiger partial charge in [-0.25, -0.2) is 4.98 Å². The van der Waals surface area contributed by atoms with E-state index in [0.29, 0.717) is 6.42 Å². The van der Waals surface area contributed by atoms with E-state index in [9.17, 15) is 4.79 Å². The highest BCUT2D eigenvalue weighted by molar-refractivity contribution is 7.15. The molecule has 1 unspecified atom stereocenters. The topological polar surface area (TPSA) is 54.0 Å². The first-order chi connectivity index (χ1) is 11.0. The minimum absolute atomic E-state index is 0.00576. The van der Waals surface area contributed by atoms with E-state index >= 15 is 0 Å². The highest BCUT2D eigenvalue weighted by atomic mass is 32.1. The van der Waals surface area contributed by atoms with E-state index in [2.05, 4.69) is 46.8 Å². The molecule has 124 valence electrons. The van der Waals surface area contributed by atoms with E-state index < -0.39 is 0 Å². The summed E-state index contributed by atoms with van der Waals surface area (Å²) in [4.78, 5) is 17.8. The molecule has 5 heteroatoms. The van der Waals surface area contributed by atoms with Gasteiger partial charge in [0, 0.05) is 12.0 Å². The highest BCUT2D eigenvalue weighted by Gasteiger charge is 2.17. The fourth-order valence-electron chi connectivity index (χ4n) is 2.43. The second kappa shape index (κ2) is 8.22. The molecule has 4 nitrogen and oxygen atoms in total. The lowest BCUT2D eigenvalue weighted by molar-refractivity contribution is -0.121. The molecule has 0 radical (unpaired) electrons. The zero-order valence-corrected chi connectivity index (χ0v) is 15.1. The van der Waals surface area contributed by atoms with Crippen LogP contribution in [0.2, 0.25) is 0 Å². The lowest BCUT2D eigenvalue weighted by Crippen LogP contribution is -2.27. The maximum atomic E-state index is 12.0. The van der Waals surface area contributed by atoms with Crippen LogP contribution in [0.1, 0.15) is 41.9 Å². The summed E-state index contributed by atoms with van der Waals surface area (Å²) >= 11 is 1.66. The van der Waals surface area contributed by atoms with Crippen LogP contribution in [0.5, 0.6) is 0 Å². The van der Waals surface area contributed by atoms with Gasteiger partial charge in [-0.3, -0.25) is 4.79 Å². The van der Waals surface area contributed by atoms with Crippen LogP contribution in [0.15, 0.2) is 24.3 Å². The van der Waals surface area contributed by atoms with Crippen LogP contribution in [-0.2, 0) is 4.79 Å². The number of nitrogens with zero attached hydrogens (tertiary/aromatic N) is 1. The summed E-state index contributed by atoms with van der Waals surface area (Å²) in [6.07, 6.45) is 1.40. The fourth-order valence-corrected chi connectivity index (χ4v) is 3.51. The number of nitrogens with one attached hydrogen (secondary N) is 2. The fraction of sp³-hybridized carbons (Fsp3) is 0.444. The van der Waals surface area contributed by atoms with Gasteiger partial charge in [0.25, 0.3) is 0 Å². The Balaban J connectivity index is 2.05. The minimum Gasteiger partial charge on any atom is -0.349 e. The number of hydrogen-bond donors (Lipinski definition) is 2. The molecule has 1 heterocycles. The van der Waals surface area contributed by atoms with Crippen LogP contribution < -0.4 is 10.6 Å². The monoisotopic (exact) mass is 331 g/mol. The maximum Gasteiger partial charge on any atom is 0.220 e. The van der Waals surface area contributed by atoms with Crippen molar-refractivity contribution in [2.45, 2.75) is 39.7 Å². The van der Waals surface area contributed by atoms with Crippen LogP contribution >= 0.6 is 11.3 Å². The van der Waals surface area contributed by atoms with Crippen molar-refractivity contribution in [2.24, 2.45) is 0 Å². The second-order valence-corrected chi connectivity index (χ2v) is 6.86. The van der Waals surface area contributed by atoms with Crippen molar-refractivity contribution in [3.63, 3.8) is 0 Å². The number of rotatable bonds is 7. The van der Waals surface area contributed by atoms with Gasteiger partial charge < -0.3 is 10.6 Å². The first kappa shape index (κ1) is 17.6. The molecule has 0 fully saturated rings. The molecule has 2 N–H and O–H groups in total. The Labute approximate surface area is 142 Å². The molecular weight excluding hydrogens is 306 g/mol. The number of benzene rings is 1. The minimum atomic E-state index is -0.00576. The first-order valence-electron chi connectivity index (χ1n) is 7.99. The molecule has 0 saturated heterocycles. The first-order valence-corrected chi connectivity index (χ1v) is 8.81. The van der Waals surface area contributed by atoms with Crippen molar-refractivity contribution in [2.75, 3.05) is 13.6 Å². The molecule has 0 saturated carbocycles. The van der Waals surface area contributed by atoms with Crippen molar-refractivity contribution in [3.05, 3.63) is 40.4 Å². The molecule has 2 rings (SSSR count). The van der Waals surface area contributed by atoms with Gasteiger partial charge in [-0.1, -0.05) is 29.8 Å². The standard InChI is InChI=1S/C18H25N3OS/c1-12-7-9-15(10-8-12)18-21-14(3)17(23-18)13(2)20-16(22)6-5-11-19-4/h7-10,13,19H,5-6,11H2,1-4H3,(H,20,22). The average Bonchev–Trinajstić information content (AvgIpc) is 2.90. The molecule has 0 aliphatic rings. The number of thiazole rings is 1. The van der Waals surface area contributed by atoms with Gasteiger partial charge in [0.2, 0.25) is 5.91 Å². The summed E-state index contributed by atoms with van der Waals surface area (Å²) in [6, 6.07) is 8.38. The summed E-state index contributed by atoms with van der Waals surface area (Å²) in [5.74, 6) is 0.0948. The normalized spacial score (nSPS) is 12.2. The molecule has 1 amide bonds. The molecule has 23 heavy (non-hydrogen) atoms. The summed E-state index contributed by atoms with van der Waals surface area (Å²) in [6.45, 7) is 6.97. The van der Waals surface area contributed by atoms with E-state index in [1.54, 1.807) is 11.3 Å². The Morgan fingerprint density at radius 3 is 2.61 bits per heavy atom. The summed E-state index contributed by atoms with van der Waals surface area (Å²) in [5, 5.41) is 7.14. The predicted octanol–water partition coefficient (Wildman–Crippen LogP) is 3.60. The van der Waals surface area contributed by atoms with Gasteiger partial charge in [-0.05, 0) is 40.8 Å². The Bertz CT molecular complexity index is 649. The van der Waals surface area contributed by atoms with Gasteiger partial charge in [0.05, 0.1) is 16.6 Å². The number of aromatic nitrogens is 1. The van der Waals surface area contributed by atoms with Gasteiger partial charge in [0.1, 0.15) is 5.01 Å². The third kappa shape index (κ3) is 4.88. The van der Waals surface area contributed by atoms with Crippen LogP contribution in [0.3, 0.4) is 0 Å². The Hall–Kier alpha value is -1.72. The van der Waals surface area contributed by atoms with Crippen molar-refractivity contribution in [1.82, 2.24) is 15.6 Å². The third-order valence-corrected chi connectivity index (χ3v) is 5.12. The average molecular weight is 331 g/mol. The van der Waals surface area contributed by atoms with Crippen molar-refractivity contribution in [3.8, 4) is 10.6 Å². The molecular formula is C18H25N3OS. The molecule has 1 aromatic heterocycles. The summed E-state index contributed by atoms with van der Waals surface area (Å²) in [5.41, 5.74) is 3.36. The Kier molecular flexibility index (Phi) is 6.30. The van der Waals surface area contributed by atoms with Crippen LogP contribution in [0.25, 0.3) is 10.6 Å². The van der Waals surface area contributed by atoms with E-state index in [1.165, 1.54) is 5.56 Å². The van der Waals surface area contributed by atoms with Crippen molar-refractivity contribution in [1.29, 1.82) is 0 Å². The summed E-state index contributed by atoms with van der Waals surface area (Å²) in [7, 11) is 1.90. The predicted molar refractivity (Wildman–Crippen MR) is 96.7 cm³/mol. The molecule has 1 atom stereocenters. The summed E-state index contributed by atoms with van der Waals surface area (Å²) < 4.78 is 0. The lowest BCUT2D eigenvalue weighted by Gasteiger charge is -2.12. The van der Waals surface area contributed by atoms with Gasteiger partial charge >= 0.3 is 0 Å². The van der Waals surface area contributed by atoms with E-state index in [-0.39, 0.29) is 11.9 Å². The van der Waals surface area contributed by atoms with Crippen LogP contribution in [0.4, 0.5) is 0 Å². The number of carbonyl (C=O) groups is 1. The van der Waals surface area contributed by atoms with E-state index in [1.807, 2.05) is 20.9 Å². The second-order valence-electron chi connectivity index (χ2n) is 5.83. The Morgan fingerprint density at radius 2 is 1.96 bits per heavy atom. The SMILES string of the molecule is CNCCCC(=O)NC(C)c1sc(-c2ccc(C)cc2)nc1C. The molecule has 2 aromatic rings. The Morgan fingerprint density at radius 1 is 1.26 bits per heavy atom. The maximum absolute atomic E-state index is 12.0. The highest BCUT2D eigenvalue weighted by Crippen LogP contribution is 2.31. The zero-order valence-electron chi connectivity index (χ0n) is 14.3. The van der Waals surface area contributed by atoms with E-state index in [0.717, 1.165) is 34.1 Å².